The Morgan fingerprint density at radius 2 is 1.69 bits per heavy atom. The standard InChI is InChI=1S/C13H19F2N/c1-9(2)6-7-10(16)8-11-12(14)4-3-5-13(11)15/h3-5,9-10H,6-8,16H2,1-2H3. The number of rotatable bonds is 5. The van der Waals surface area contributed by atoms with Gasteiger partial charge in [0, 0.05) is 11.6 Å². The molecule has 0 saturated heterocycles. The van der Waals surface area contributed by atoms with Gasteiger partial charge in [-0.1, -0.05) is 19.9 Å². The number of hydrogen-bond acceptors (Lipinski definition) is 1. The van der Waals surface area contributed by atoms with Crippen molar-refractivity contribution in [3.63, 3.8) is 0 Å². The van der Waals surface area contributed by atoms with E-state index in [1.54, 1.807) is 0 Å². The van der Waals surface area contributed by atoms with Crippen LogP contribution in [0.3, 0.4) is 0 Å². The lowest BCUT2D eigenvalue weighted by molar-refractivity contribution is 0.476. The molecule has 0 radical (unpaired) electrons. The van der Waals surface area contributed by atoms with Gasteiger partial charge in [-0.2, -0.15) is 0 Å². The summed E-state index contributed by atoms with van der Waals surface area (Å²) in [7, 11) is 0. The summed E-state index contributed by atoms with van der Waals surface area (Å²) in [4.78, 5) is 0. The smallest absolute Gasteiger partial charge is 0.129 e. The minimum absolute atomic E-state index is 0.110. The predicted octanol–water partition coefficient (Wildman–Crippen LogP) is 3.27. The third kappa shape index (κ3) is 3.89. The van der Waals surface area contributed by atoms with Gasteiger partial charge in [0.15, 0.2) is 0 Å². The van der Waals surface area contributed by atoms with E-state index in [-0.39, 0.29) is 18.0 Å². The summed E-state index contributed by atoms with van der Waals surface area (Å²) >= 11 is 0. The number of halogens is 2. The van der Waals surface area contributed by atoms with Crippen LogP contribution in [0.4, 0.5) is 8.78 Å². The van der Waals surface area contributed by atoms with Crippen molar-refractivity contribution < 1.29 is 8.78 Å². The maximum atomic E-state index is 13.3. The second-order valence-electron chi connectivity index (χ2n) is 4.64. The van der Waals surface area contributed by atoms with Gasteiger partial charge in [0.1, 0.15) is 11.6 Å². The van der Waals surface area contributed by atoms with Gasteiger partial charge in [-0.05, 0) is 37.3 Å². The summed E-state index contributed by atoms with van der Waals surface area (Å²) in [5.41, 5.74) is 5.97. The molecule has 0 saturated carbocycles. The average Bonchev–Trinajstić information content (AvgIpc) is 2.21. The number of nitrogens with two attached hydrogens (primary N) is 1. The van der Waals surface area contributed by atoms with E-state index in [1.807, 2.05) is 0 Å². The molecule has 0 heterocycles. The summed E-state index contributed by atoms with van der Waals surface area (Å²) in [5, 5.41) is 0. The monoisotopic (exact) mass is 227 g/mol. The molecule has 0 aromatic heterocycles. The Morgan fingerprint density at radius 1 is 1.12 bits per heavy atom. The molecule has 0 spiro atoms. The Morgan fingerprint density at radius 3 is 2.19 bits per heavy atom. The molecule has 0 amide bonds. The first-order chi connectivity index (χ1) is 7.50. The third-order valence-electron chi connectivity index (χ3n) is 2.64. The maximum Gasteiger partial charge on any atom is 0.129 e. The van der Waals surface area contributed by atoms with Crippen molar-refractivity contribution in [2.75, 3.05) is 0 Å². The normalized spacial score (nSPS) is 13.1. The van der Waals surface area contributed by atoms with Crippen molar-refractivity contribution in [1.29, 1.82) is 0 Å². The fraction of sp³-hybridized carbons (Fsp3) is 0.538. The van der Waals surface area contributed by atoms with E-state index in [2.05, 4.69) is 13.8 Å². The van der Waals surface area contributed by atoms with Crippen LogP contribution in [0.5, 0.6) is 0 Å². The van der Waals surface area contributed by atoms with E-state index in [0.717, 1.165) is 12.8 Å². The zero-order valence-electron chi connectivity index (χ0n) is 9.84. The summed E-state index contributed by atoms with van der Waals surface area (Å²) in [6.45, 7) is 4.22. The molecule has 0 bridgehead atoms. The third-order valence-corrected chi connectivity index (χ3v) is 2.64. The van der Waals surface area contributed by atoms with Crippen LogP contribution in [-0.2, 0) is 6.42 Å². The highest BCUT2D eigenvalue weighted by atomic mass is 19.1. The van der Waals surface area contributed by atoms with Crippen molar-refractivity contribution >= 4 is 0 Å². The number of benzene rings is 1. The molecule has 16 heavy (non-hydrogen) atoms. The lowest BCUT2D eigenvalue weighted by Crippen LogP contribution is -2.24. The van der Waals surface area contributed by atoms with Gasteiger partial charge in [0.05, 0.1) is 0 Å². The zero-order valence-corrected chi connectivity index (χ0v) is 9.84. The molecule has 1 aromatic rings. The molecule has 1 rings (SSSR count). The van der Waals surface area contributed by atoms with Gasteiger partial charge < -0.3 is 5.73 Å². The van der Waals surface area contributed by atoms with Gasteiger partial charge in [-0.3, -0.25) is 0 Å². The topological polar surface area (TPSA) is 26.0 Å². The molecular weight excluding hydrogens is 208 g/mol. The fourth-order valence-electron chi connectivity index (χ4n) is 1.64. The SMILES string of the molecule is CC(C)CCC(N)Cc1c(F)cccc1F. The van der Waals surface area contributed by atoms with Gasteiger partial charge in [0.2, 0.25) is 0 Å². The van der Waals surface area contributed by atoms with Crippen LogP contribution in [0.15, 0.2) is 18.2 Å². The van der Waals surface area contributed by atoms with E-state index in [4.69, 9.17) is 5.73 Å². The molecule has 3 heteroatoms. The van der Waals surface area contributed by atoms with Gasteiger partial charge in [0.25, 0.3) is 0 Å². The maximum absolute atomic E-state index is 13.3. The van der Waals surface area contributed by atoms with Crippen LogP contribution >= 0.6 is 0 Å². The molecule has 1 nitrogen and oxygen atoms in total. The fourth-order valence-corrected chi connectivity index (χ4v) is 1.64. The van der Waals surface area contributed by atoms with Crippen LogP contribution in [-0.4, -0.2) is 6.04 Å². The Labute approximate surface area is 95.7 Å². The van der Waals surface area contributed by atoms with Crippen LogP contribution in [0.1, 0.15) is 32.3 Å². The van der Waals surface area contributed by atoms with Crippen molar-refractivity contribution in [2.45, 2.75) is 39.2 Å². The Hall–Kier alpha value is -0.960. The minimum atomic E-state index is -0.500. The largest absolute Gasteiger partial charge is 0.327 e. The minimum Gasteiger partial charge on any atom is -0.327 e. The van der Waals surface area contributed by atoms with E-state index >= 15 is 0 Å². The Bertz CT molecular complexity index is 316. The highest BCUT2D eigenvalue weighted by molar-refractivity contribution is 5.20. The van der Waals surface area contributed by atoms with Crippen LogP contribution in [0.2, 0.25) is 0 Å². The molecule has 1 unspecified atom stereocenters. The lowest BCUT2D eigenvalue weighted by atomic mass is 9.98. The summed E-state index contributed by atoms with van der Waals surface area (Å²) in [6, 6.07) is 3.74. The molecule has 1 aromatic carbocycles. The van der Waals surface area contributed by atoms with Crippen LogP contribution < -0.4 is 5.73 Å². The van der Waals surface area contributed by atoms with Crippen LogP contribution in [0, 0.1) is 17.6 Å². The average molecular weight is 227 g/mol. The molecule has 0 aliphatic rings. The van der Waals surface area contributed by atoms with E-state index in [9.17, 15) is 8.78 Å². The molecule has 90 valence electrons. The van der Waals surface area contributed by atoms with Crippen molar-refractivity contribution in [3.05, 3.63) is 35.4 Å². The Kier molecular flexibility index (Phi) is 4.87. The van der Waals surface area contributed by atoms with Gasteiger partial charge >= 0.3 is 0 Å². The van der Waals surface area contributed by atoms with Crippen LogP contribution in [0.25, 0.3) is 0 Å². The van der Waals surface area contributed by atoms with Crippen molar-refractivity contribution in [3.8, 4) is 0 Å². The van der Waals surface area contributed by atoms with E-state index < -0.39 is 11.6 Å². The van der Waals surface area contributed by atoms with Crippen molar-refractivity contribution in [1.82, 2.24) is 0 Å². The summed E-state index contributed by atoms with van der Waals surface area (Å²) in [5.74, 6) is -0.434. The first kappa shape index (κ1) is 13.1. The predicted molar refractivity (Wildman–Crippen MR) is 62.1 cm³/mol. The number of hydrogen-bond donors (Lipinski definition) is 1. The molecule has 1 atom stereocenters. The summed E-state index contributed by atoms with van der Waals surface area (Å²) < 4.78 is 26.6. The van der Waals surface area contributed by atoms with Gasteiger partial charge in [-0.15, -0.1) is 0 Å². The molecule has 0 aliphatic carbocycles. The lowest BCUT2D eigenvalue weighted by Gasteiger charge is -2.14. The first-order valence-electron chi connectivity index (χ1n) is 5.69. The molecule has 0 aliphatic heterocycles. The molecular formula is C13H19F2N. The summed E-state index contributed by atoms with van der Waals surface area (Å²) in [6.07, 6.45) is 2.05. The zero-order chi connectivity index (χ0) is 12.1. The quantitative estimate of drug-likeness (QED) is 0.820. The Balaban J connectivity index is 2.59. The molecule has 0 fully saturated rings. The second kappa shape index (κ2) is 5.94. The van der Waals surface area contributed by atoms with Gasteiger partial charge in [-0.25, -0.2) is 8.78 Å². The first-order valence-corrected chi connectivity index (χ1v) is 5.69. The molecule has 2 N–H and O–H groups in total. The van der Waals surface area contributed by atoms with E-state index in [0.29, 0.717) is 5.92 Å². The highest BCUT2D eigenvalue weighted by Crippen LogP contribution is 2.16. The van der Waals surface area contributed by atoms with Crippen molar-refractivity contribution in [2.24, 2.45) is 11.7 Å². The van der Waals surface area contributed by atoms with E-state index in [1.165, 1.54) is 18.2 Å². The highest BCUT2D eigenvalue weighted by Gasteiger charge is 2.12. The second-order valence-corrected chi connectivity index (χ2v) is 4.64.